The van der Waals surface area contributed by atoms with Crippen LogP contribution in [0.15, 0.2) is 30.4 Å². The molecule has 4 amide bonds. The fraction of sp³-hybridized carbons (Fsp3) is 0.586. The highest BCUT2D eigenvalue weighted by molar-refractivity contribution is 7.91. The van der Waals surface area contributed by atoms with Gasteiger partial charge in [-0.05, 0) is 43.7 Å². The van der Waals surface area contributed by atoms with Crippen LogP contribution < -0.4 is 10.0 Å². The maximum absolute atomic E-state index is 14.2. The number of rotatable bonds is 4. The van der Waals surface area contributed by atoms with Gasteiger partial charge in [0.15, 0.2) is 0 Å². The summed E-state index contributed by atoms with van der Waals surface area (Å²) in [7, 11) is -3.85. The number of hydrogen-bond donors (Lipinski definition) is 2. The van der Waals surface area contributed by atoms with Crippen LogP contribution in [0.5, 0.6) is 0 Å². The summed E-state index contributed by atoms with van der Waals surface area (Å²) >= 11 is 0. The van der Waals surface area contributed by atoms with Gasteiger partial charge >= 0.3 is 6.09 Å². The highest BCUT2D eigenvalue weighted by Crippen LogP contribution is 2.46. The van der Waals surface area contributed by atoms with Crippen LogP contribution in [-0.2, 0) is 47.0 Å². The van der Waals surface area contributed by atoms with Crippen molar-refractivity contribution < 1.29 is 41.5 Å². The van der Waals surface area contributed by atoms with E-state index >= 15 is 0 Å². The van der Waals surface area contributed by atoms with Crippen molar-refractivity contribution in [2.75, 3.05) is 19.8 Å². The molecule has 0 spiro atoms. The van der Waals surface area contributed by atoms with E-state index in [2.05, 4.69) is 10.0 Å². The lowest BCUT2D eigenvalue weighted by molar-refractivity contribution is -0.140. The van der Waals surface area contributed by atoms with Crippen molar-refractivity contribution in [2.24, 2.45) is 5.92 Å². The summed E-state index contributed by atoms with van der Waals surface area (Å²) in [5, 5.41) is 2.16. The number of sulfonamides is 1. The molecule has 3 heterocycles. The summed E-state index contributed by atoms with van der Waals surface area (Å²) in [5.74, 6) is -2.59. The van der Waals surface area contributed by atoms with Gasteiger partial charge in [0.2, 0.25) is 21.8 Å². The number of fused-ring (bicyclic) bond motifs is 3. The van der Waals surface area contributed by atoms with Crippen LogP contribution in [0.1, 0.15) is 56.1 Å². The van der Waals surface area contributed by atoms with E-state index in [-0.39, 0.29) is 44.8 Å². The summed E-state index contributed by atoms with van der Waals surface area (Å²) in [6, 6.07) is 3.61. The minimum Gasteiger partial charge on any atom is -0.444 e. The largest absolute Gasteiger partial charge is 0.444 e. The highest BCUT2D eigenvalue weighted by Gasteiger charge is 2.62. The Balaban J connectivity index is 1.18. The van der Waals surface area contributed by atoms with Gasteiger partial charge in [-0.1, -0.05) is 24.3 Å². The van der Waals surface area contributed by atoms with Gasteiger partial charge in [-0.15, -0.1) is 0 Å². The molecule has 12 nitrogen and oxygen atoms in total. The lowest BCUT2D eigenvalue weighted by atomic mass is 10.1. The van der Waals surface area contributed by atoms with Crippen LogP contribution in [0.3, 0.4) is 0 Å². The molecule has 0 bridgehead atoms. The zero-order valence-corrected chi connectivity index (χ0v) is 24.4. The number of ether oxygens (including phenoxy) is 2. The first-order valence-corrected chi connectivity index (χ1v) is 16.3. The SMILES string of the molecule is O=C1N[C@]2(C(=O)NS(=O)(=O)C3CC3)C[C@H]2/C=C\CCOCCCC(=O)N2C[C@H](OC(=O)N3Cc4cccc(F)c4C3)C[C@@H]12. The number of carbonyl (C=O) groups excluding carboxylic acids is 4. The van der Waals surface area contributed by atoms with Gasteiger partial charge in [-0.3, -0.25) is 24.0 Å². The van der Waals surface area contributed by atoms with Crippen molar-refractivity contribution in [3.05, 3.63) is 47.3 Å². The first-order valence-electron chi connectivity index (χ1n) is 14.7. The summed E-state index contributed by atoms with van der Waals surface area (Å²) in [6.07, 6.45) is 4.37. The number of nitrogens with zero attached hydrogens (tertiary/aromatic N) is 2. The quantitative estimate of drug-likeness (QED) is 0.482. The van der Waals surface area contributed by atoms with E-state index in [1.54, 1.807) is 18.2 Å². The van der Waals surface area contributed by atoms with Gasteiger partial charge in [-0.2, -0.15) is 0 Å². The van der Waals surface area contributed by atoms with Crippen molar-refractivity contribution in [2.45, 2.75) is 81.0 Å². The third-order valence-corrected chi connectivity index (χ3v) is 10.6. The van der Waals surface area contributed by atoms with Gasteiger partial charge in [-0.25, -0.2) is 17.6 Å². The number of halogens is 1. The average molecular weight is 619 g/mol. The van der Waals surface area contributed by atoms with Crippen molar-refractivity contribution in [1.29, 1.82) is 0 Å². The molecule has 0 radical (unpaired) electrons. The molecule has 3 fully saturated rings. The lowest BCUT2D eigenvalue weighted by Crippen LogP contribution is -2.56. The van der Waals surface area contributed by atoms with Crippen LogP contribution >= 0.6 is 0 Å². The normalized spacial score (nSPS) is 30.2. The summed E-state index contributed by atoms with van der Waals surface area (Å²) in [6.45, 7) is 0.965. The molecule has 5 aliphatic rings. The molecule has 1 aromatic carbocycles. The monoisotopic (exact) mass is 618 g/mol. The predicted octanol–water partition coefficient (Wildman–Crippen LogP) is 1.49. The summed E-state index contributed by atoms with van der Waals surface area (Å²) < 4.78 is 52.8. The minimum absolute atomic E-state index is 0.00641. The smallest absolute Gasteiger partial charge is 0.410 e. The first kappa shape index (κ1) is 29.5. The van der Waals surface area contributed by atoms with E-state index in [0.29, 0.717) is 50.0 Å². The van der Waals surface area contributed by atoms with E-state index in [9.17, 15) is 32.0 Å². The van der Waals surface area contributed by atoms with Gasteiger partial charge in [0.1, 0.15) is 23.5 Å². The second kappa shape index (κ2) is 11.5. The maximum Gasteiger partial charge on any atom is 0.410 e. The third-order valence-electron chi connectivity index (χ3n) is 8.78. The van der Waals surface area contributed by atoms with Crippen LogP contribution in [-0.4, -0.2) is 84.7 Å². The van der Waals surface area contributed by atoms with Gasteiger partial charge in [0.05, 0.1) is 24.9 Å². The van der Waals surface area contributed by atoms with E-state index in [1.165, 1.54) is 15.9 Å². The highest BCUT2D eigenvalue weighted by atomic mass is 32.2. The molecular formula is C29H35FN4O8S. The fourth-order valence-corrected chi connectivity index (χ4v) is 7.45. The Bertz CT molecular complexity index is 1460. The van der Waals surface area contributed by atoms with E-state index < -0.39 is 62.6 Å². The summed E-state index contributed by atoms with van der Waals surface area (Å²) in [4.78, 5) is 56.1. The molecule has 2 saturated carbocycles. The molecule has 1 aromatic rings. The molecular weight excluding hydrogens is 583 g/mol. The van der Waals surface area contributed by atoms with E-state index in [1.807, 2.05) is 6.08 Å². The Kier molecular flexibility index (Phi) is 7.92. The molecule has 232 valence electrons. The first-order chi connectivity index (χ1) is 20.6. The number of benzene rings is 1. The lowest BCUT2D eigenvalue weighted by Gasteiger charge is -2.26. The molecule has 4 atom stereocenters. The predicted molar refractivity (Wildman–Crippen MR) is 149 cm³/mol. The zero-order chi connectivity index (χ0) is 30.4. The van der Waals surface area contributed by atoms with Crippen LogP contribution in [0.2, 0.25) is 0 Å². The molecule has 6 rings (SSSR count). The van der Waals surface area contributed by atoms with Gasteiger partial charge < -0.3 is 19.7 Å². The average Bonchev–Trinajstić information content (AvgIpc) is 3.84. The maximum atomic E-state index is 14.2. The van der Waals surface area contributed by atoms with Crippen molar-refractivity contribution >= 4 is 33.8 Å². The molecule has 14 heteroatoms. The van der Waals surface area contributed by atoms with Crippen LogP contribution in [0.4, 0.5) is 9.18 Å². The molecule has 43 heavy (non-hydrogen) atoms. The van der Waals surface area contributed by atoms with Crippen molar-refractivity contribution in [3.63, 3.8) is 0 Å². The topological polar surface area (TPSA) is 151 Å². The minimum atomic E-state index is -3.85. The number of amides is 4. The van der Waals surface area contributed by atoms with Gasteiger partial charge in [0.25, 0.3) is 5.91 Å². The molecule has 0 aromatic heterocycles. The van der Waals surface area contributed by atoms with Crippen LogP contribution in [0.25, 0.3) is 0 Å². The second-order valence-corrected chi connectivity index (χ2v) is 13.9. The number of nitrogens with one attached hydrogen (secondary N) is 2. The molecule has 1 saturated heterocycles. The Hall–Kier alpha value is -3.52. The molecule has 0 unspecified atom stereocenters. The second-order valence-electron chi connectivity index (χ2n) is 11.9. The number of carbonyl (C=O) groups is 4. The Morgan fingerprint density at radius 3 is 2.74 bits per heavy atom. The Morgan fingerprint density at radius 2 is 1.98 bits per heavy atom. The zero-order valence-electron chi connectivity index (χ0n) is 23.6. The van der Waals surface area contributed by atoms with Crippen molar-refractivity contribution in [3.8, 4) is 0 Å². The third kappa shape index (κ3) is 6.12. The van der Waals surface area contributed by atoms with Crippen molar-refractivity contribution in [1.82, 2.24) is 19.8 Å². The fourth-order valence-electron chi connectivity index (χ4n) is 6.08. The molecule has 2 N–H and O–H groups in total. The Labute approximate surface area is 249 Å². The van der Waals surface area contributed by atoms with E-state index in [0.717, 1.165) is 0 Å². The molecule has 2 aliphatic carbocycles. The number of hydrogen-bond acceptors (Lipinski definition) is 8. The van der Waals surface area contributed by atoms with E-state index in [4.69, 9.17) is 9.47 Å². The standard InChI is InChI=1S/C29H35FN4O8S/c30-23-7-3-5-18-15-33(17-22(18)23)28(38)42-20-13-24-26(36)31-29(27(37)32-43(39,40)21-9-10-21)14-19(29)6-1-2-11-41-12-4-8-25(35)34(24)16-20/h1,3,5-7,19-21,24H,2,4,8-17H2,(H,31,36)(H,32,37)/b6-1-/t19-,20-,24+,29-/m1/s1. The van der Waals surface area contributed by atoms with Gasteiger partial charge in [0, 0.05) is 37.5 Å². The summed E-state index contributed by atoms with van der Waals surface area (Å²) in [5.41, 5.74) is -0.366. The van der Waals surface area contributed by atoms with Crippen LogP contribution in [0, 0.1) is 11.7 Å². The Morgan fingerprint density at radius 1 is 1.16 bits per heavy atom. The molecule has 3 aliphatic heterocycles.